The van der Waals surface area contributed by atoms with Crippen LogP contribution in [0.15, 0.2) is 46.6 Å². The average molecular weight is 711 g/mol. The summed E-state index contributed by atoms with van der Waals surface area (Å²) in [7, 11) is -2.83. The van der Waals surface area contributed by atoms with Crippen molar-refractivity contribution in [1.82, 2.24) is 9.47 Å². The molecule has 0 unspecified atom stereocenters. The summed E-state index contributed by atoms with van der Waals surface area (Å²) in [6.07, 6.45) is 5.90. The molecule has 2 aromatic rings. The van der Waals surface area contributed by atoms with Gasteiger partial charge in [0.05, 0.1) is 27.4 Å². The largest absolute Gasteiger partial charge is 0.748 e. The Labute approximate surface area is 276 Å². The number of carbonyl (C=O) groups excluding carboxylic acids is 1. The maximum absolute atomic E-state index is 13.3. The number of unbranched alkanes of at least 4 members (excludes halogenated alkanes) is 1. The minimum atomic E-state index is -4.35. The number of carboxylic acids is 2. The van der Waals surface area contributed by atoms with E-state index in [2.05, 4.69) is 0 Å². The number of allylic oxidation sites excluding steroid dienone is 3. The Kier molecular flexibility index (Phi) is 11.1. The number of thiocarbonyl (C=S) groups is 1. The molecule has 246 valence electrons. The molecule has 0 bridgehead atoms. The van der Waals surface area contributed by atoms with E-state index in [1.807, 2.05) is 11.8 Å². The van der Waals surface area contributed by atoms with Crippen molar-refractivity contribution >= 4 is 84.3 Å². The van der Waals surface area contributed by atoms with E-state index >= 15 is 0 Å². The van der Waals surface area contributed by atoms with E-state index in [9.17, 15) is 37.3 Å². The number of carbonyl (C=O) groups is 3. The number of methoxy groups -OCH3 is 1. The van der Waals surface area contributed by atoms with Gasteiger partial charge in [0.2, 0.25) is 5.88 Å². The lowest BCUT2D eigenvalue weighted by molar-refractivity contribution is -0.140. The van der Waals surface area contributed by atoms with Crippen LogP contribution in [-0.4, -0.2) is 80.8 Å². The third-order valence-electron chi connectivity index (χ3n) is 6.67. The molecule has 1 saturated heterocycles. The van der Waals surface area contributed by atoms with Crippen molar-refractivity contribution in [3.8, 4) is 11.5 Å². The number of carboxylic acid groups (broad SMARTS) is 2. The Balaban J connectivity index is 1.74. The predicted octanol–water partition coefficient (Wildman–Crippen LogP) is 1.24. The van der Waals surface area contributed by atoms with Gasteiger partial charge < -0.3 is 29.1 Å². The van der Waals surface area contributed by atoms with Gasteiger partial charge in [0, 0.05) is 24.4 Å². The highest BCUT2D eigenvalue weighted by molar-refractivity contribution is 8.30. The number of benzene rings is 1. The minimum Gasteiger partial charge on any atom is -0.748 e. The number of aliphatic carboxylic acids is 2. The Morgan fingerprint density at radius 2 is 1.85 bits per heavy atom. The highest BCUT2D eigenvalue weighted by Gasteiger charge is 2.35. The summed E-state index contributed by atoms with van der Waals surface area (Å²) in [5, 5.41) is 18.6. The monoisotopic (exact) mass is 710 g/mol. The summed E-state index contributed by atoms with van der Waals surface area (Å²) in [5.41, 5.74) is 0.728. The number of thioether (sulfide) groups is 1. The first kappa shape index (κ1) is 34.9. The summed E-state index contributed by atoms with van der Waals surface area (Å²) in [4.78, 5) is 51.8. The molecule has 1 fully saturated rings. The second-order valence-corrected chi connectivity index (χ2v) is 14.0. The van der Waals surface area contributed by atoms with Gasteiger partial charge in [-0.05, 0) is 43.0 Å². The van der Waals surface area contributed by atoms with Crippen LogP contribution in [0.5, 0.6) is 11.5 Å². The van der Waals surface area contributed by atoms with Gasteiger partial charge >= 0.3 is 11.9 Å². The van der Waals surface area contributed by atoms with Crippen molar-refractivity contribution in [3.05, 3.63) is 61.4 Å². The van der Waals surface area contributed by atoms with Crippen LogP contribution >= 0.6 is 35.3 Å². The van der Waals surface area contributed by atoms with Gasteiger partial charge in [0.25, 0.3) is 11.5 Å². The Morgan fingerprint density at radius 3 is 2.48 bits per heavy atom. The topological polar surface area (TPSA) is 196 Å². The van der Waals surface area contributed by atoms with Gasteiger partial charge in [-0.15, -0.1) is 11.3 Å². The molecule has 46 heavy (non-hydrogen) atoms. The number of thiazole rings is 1. The molecule has 18 heteroatoms. The smallest absolute Gasteiger partial charge is 0.323 e. The second kappa shape index (κ2) is 14.6. The van der Waals surface area contributed by atoms with Crippen LogP contribution < -0.4 is 29.1 Å². The van der Waals surface area contributed by atoms with Crippen molar-refractivity contribution < 1.29 is 47.0 Å². The molecule has 0 spiro atoms. The van der Waals surface area contributed by atoms with Gasteiger partial charge in [0.1, 0.15) is 32.7 Å². The first-order valence-corrected chi connectivity index (χ1v) is 17.2. The molecule has 0 atom stereocenters. The van der Waals surface area contributed by atoms with Crippen molar-refractivity contribution in [2.75, 3.05) is 30.9 Å². The van der Waals surface area contributed by atoms with E-state index in [0.29, 0.717) is 48.0 Å². The molecule has 14 nitrogen and oxygen atoms in total. The molecular formula is C28H28N3O11S4-. The van der Waals surface area contributed by atoms with Crippen molar-refractivity contribution in [2.24, 2.45) is 0 Å². The quantitative estimate of drug-likeness (QED) is 0.171. The zero-order chi connectivity index (χ0) is 33.8. The summed E-state index contributed by atoms with van der Waals surface area (Å²) < 4.78 is 45.7. The minimum absolute atomic E-state index is 0.0233. The van der Waals surface area contributed by atoms with Gasteiger partial charge in [-0.1, -0.05) is 37.0 Å². The number of ether oxygens (including phenoxy) is 2. The fourth-order valence-corrected chi connectivity index (χ4v) is 7.50. The van der Waals surface area contributed by atoms with E-state index in [4.69, 9.17) is 26.8 Å². The number of hydrogen-bond acceptors (Lipinski definition) is 13. The maximum Gasteiger partial charge on any atom is 0.323 e. The number of hydrogen-bond donors (Lipinski definition) is 2. The molecule has 3 heterocycles. The molecular weight excluding hydrogens is 683 g/mol. The van der Waals surface area contributed by atoms with Crippen LogP contribution in [0, 0.1) is 0 Å². The molecule has 0 saturated carbocycles. The van der Waals surface area contributed by atoms with E-state index in [-0.39, 0.29) is 24.8 Å². The van der Waals surface area contributed by atoms with Gasteiger partial charge in [-0.25, -0.2) is 8.42 Å². The third-order valence-corrected chi connectivity index (χ3v) is 10.2. The number of nitrogens with zero attached hydrogens (tertiary/aromatic N) is 3. The first-order chi connectivity index (χ1) is 21.7. The van der Waals surface area contributed by atoms with E-state index < -0.39 is 52.4 Å². The number of fused-ring (bicyclic) bond motifs is 1. The molecule has 0 aliphatic carbocycles. The normalized spacial score (nSPS) is 17.6. The van der Waals surface area contributed by atoms with Gasteiger partial charge in [-0.2, -0.15) is 0 Å². The van der Waals surface area contributed by atoms with Crippen LogP contribution in [0.4, 0.5) is 5.69 Å². The Morgan fingerprint density at radius 1 is 1.13 bits per heavy atom. The van der Waals surface area contributed by atoms with Crippen LogP contribution in [0.2, 0.25) is 0 Å². The van der Waals surface area contributed by atoms with Crippen LogP contribution in [0.25, 0.3) is 11.0 Å². The zero-order valence-electron chi connectivity index (χ0n) is 24.5. The lowest BCUT2D eigenvalue weighted by atomic mass is 10.1. The second-order valence-electron chi connectivity index (χ2n) is 9.84. The van der Waals surface area contributed by atoms with E-state index in [0.717, 1.165) is 32.6 Å². The van der Waals surface area contributed by atoms with Crippen LogP contribution in [0.3, 0.4) is 0 Å². The molecule has 2 N–H and O–H groups in total. The zero-order valence-corrected chi connectivity index (χ0v) is 27.7. The third kappa shape index (κ3) is 8.24. The van der Waals surface area contributed by atoms with Gasteiger partial charge in [-0.3, -0.25) is 28.6 Å². The Bertz CT molecular complexity index is 1940. The molecule has 2 aliphatic rings. The standard InChI is InChI=1S/C28H29N3O11S4/c1-3-16(12-21-29(10-4-5-11-46(38,39)40)18-13-17(41-2)7-8-19(18)42-21)6-9-20-25(36)30(14-22(32)33)27(44-20)24-26(37)31(15-23(34)35)28(43)45-24/h6-9,12-13H,3-5,10-11,14-15H2,1-2H3,(H,32,33)(H,34,35)(H,38,39,40)/p-1/b16-6?,20-9?,21-12?,27-24+. The SMILES string of the molecule is CCC(=CC=c1s/c(=C2/SC(=S)N(CC(=O)O)C2=O)n(CC(=O)O)c1=O)C=C1Oc2ccc(OC)cc2N1CCCCS(=O)(=O)[O-]. The number of amides is 1. The Hall–Kier alpha value is -3.97. The van der Waals surface area contributed by atoms with E-state index in [1.54, 1.807) is 30.4 Å². The lowest BCUT2D eigenvalue weighted by Gasteiger charge is -2.19. The predicted molar refractivity (Wildman–Crippen MR) is 174 cm³/mol. The van der Waals surface area contributed by atoms with Crippen molar-refractivity contribution in [2.45, 2.75) is 32.7 Å². The van der Waals surface area contributed by atoms with Crippen molar-refractivity contribution in [3.63, 3.8) is 0 Å². The number of rotatable bonds is 13. The summed E-state index contributed by atoms with van der Waals surface area (Å²) in [5.74, 6) is -2.30. The van der Waals surface area contributed by atoms with Gasteiger partial charge in [0.15, 0.2) is 5.75 Å². The summed E-state index contributed by atoms with van der Waals surface area (Å²) in [6, 6.07) is 5.22. The molecule has 1 aromatic carbocycles. The fourth-order valence-electron chi connectivity index (χ4n) is 4.48. The first-order valence-electron chi connectivity index (χ1n) is 13.6. The molecule has 0 radical (unpaired) electrons. The average Bonchev–Trinajstić information content (AvgIpc) is 3.58. The van der Waals surface area contributed by atoms with E-state index in [1.165, 1.54) is 13.2 Å². The molecule has 4 rings (SSSR count). The maximum atomic E-state index is 13.3. The summed E-state index contributed by atoms with van der Waals surface area (Å²) >= 11 is 6.83. The van der Waals surface area contributed by atoms with Crippen LogP contribution in [0.1, 0.15) is 26.2 Å². The highest BCUT2D eigenvalue weighted by Crippen LogP contribution is 2.42. The lowest BCUT2D eigenvalue weighted by Crippen LogP contribution is -2.36. The molecule has 2 aliphatic heterocycles. The fraction of sp³-hybridized carbons (Fsp3) is 0.321. The highest BCUT2D eigenvalue weighted by atomic mass is 32.2. The molecule has 1 amide bonds. The van der Waals surface area contributed by atoms with Crippen molar-refractivity contribution in [1.29, 1.82) is 0 Å². The van der Waals surface area contributed by atoms with Crippen LogP contribution in [-0.2, 0) is 31.0 Å². The number of aromatic nitrogens is 1. The number of anilines is 1. The summed E-state index contributed by atoms with van der Waals surface area (Å²) in [6.45, 7) is 0.803. The molecule has 1 aromatic heterocycles.